The zero-order chi connectivity index (χ0) is 13.3. The summed E-state index contributed by atoms with van der Waals surface area (Å²) in [4.78, 5) is 0. The minimum Gasteiger partial charge on any atom is -0.493 e. The van der Waals surface area contributed by atoms with E-state index in [0.717, 1.165) is 24.2 Å². The molecule has 19 heavy (non-hydrogen) atoms. The fraction of sp³-hybridized carbons (Fsp3) is 0.294. The molecule has 0 saturated carbocycles. The Morgan fingerprint density at radius 1 is 1.11 bits per heavy atom. The molecule has 1 aliphatic heterocycles. The van der Waals surface area contributed by atoms with Crippen molar-refractivity contribution < 1.29 is 4.74 Å². The Morgan fingerprint density at radius 2 is 1.84 bits per heavy atom. The van der Waals surface area contributed by atoms with E-state index in [9.17, 15) is 0 Å². The first-order valence-electron chi connectivity index (χ1n) is 6.75. The first-order chi connectivity index (χ1) is 9.19. The molecule has 1 aliphatic rings. The van der Waals surface area contributed by atoms with Crippen LogP contribution in [0, 0.1) is 6.92 Å². The normalized spacial score (nSPS) is 21.6. The highest BCUT2D eigenvalue weighted by atomic mass is 16.5. The largest absolute Gasteiger partial charge is 0.493 e. The summed E-state index contributed by atoms with van der Waals surface area (Å²) in [6.07, 6.45) is 1.72. The highest BCUT2D eigenvalue weighted by Crippen LogP contribution is 2.37. The van der Waals surface area contributed by atoms with Crippen molar-refractivity contribution in [3.63, 3.8) is 0 Å². The second kappa shape index (κ2) is 4.71. The average molecular weight is 253 g/mol. The molecule has 2 aromatic rings. The topological polar surface area (TPSA) is 35.2 Å². The van der Waals surface area contributed by atoms with Crippen molar-refractivity contribution in [2.75, 3.05) is 6.61 Å². The summed E-state index contributed by atoms with van der Waals surface area (Å²) in [5.74, 6) is 0.935. The molecular weight excluding hydrogens is 234 g/mol. The van der Waals surface area contributed by atoms with Crippen molar-refractivity contribution >= 4 is 0 Å². The van der Waals surface area contributed by atoms with Gasteiger partial charge in [0.15, 0.2) is 0 Å². The molecule has 0 saturated heterocycles. The third-order valence-corrected chi connectivity index (χ3v) is 4.00. The second-order valence-corrected chi connectivity index (χ2v) is 5.35. The lowest BCUT2D eigenvalue weighted by molar-refractivity contribution is 0.215. The Hall–Kier alpha value is -1.80. The molecule has 2 nitrogen and oxygen atoms in total. The van der Waals surface area contributed by atoms with E-state index < -0.39 is 0 Å². The van der Waals surface area contributed by atoms with Gasteiger partial charge in [-0.25, -0.2) is 0 Å². The van der Waals surface area contributed by atoms with Crippen LogP contribution in [0.1, 0.15) is 23.1 Å². The fourth-order valence-electron chi connectivity index (χ4n) is 2.81. The quantitative estimate of drug-likeness (QED) is 0.892. The van der Waals surface area contributed by atoms with Gasteiger partial charge < -0.3 is 10.5 Å². The van der Waals surface area contributed by atoms with Crippen LogP contribution < -0.4 is 10.5 Å². The van der Waals surface area contributed by atoms with Gasteiger partial charge in [0.2, 0.25) is 0 Å². The van der Waals surface area contributed by atoms with Crippen molar-refractivity contribution in [3.8, 4) is 5.75 Å². The number of benzene rings is 2. The molecule has 0 spiro atoms. The predicted octanol–water partition coefficient (Wildman–Crippen LogP) is 3.17. The number of ether oxygens (including phenoxy) is 1. The van der Waals surface area contributed by atoms with Gasteiger partial charge in [0, 0.05) is 12.0 Å². The van der Waals surface area contributed by atoms with Gasteiger partial charge in [0.05, 0.1) is 12.1 Å². The van der Waals surface area contributed by atoms with Crippen molar-refractivity contribution in [3.05, 3.63) is 65.2 Å². The van der Waals surface area contributed by atoms with E-state index in [1.54, 1.807) is 0 Å². The standard InChI is InChI=1S/C17H19NO/c1-13-6-2-3-7-14(13)12-17(18)10-11-19-16-9-5-4-8-15(16)17/h2-9H,10-12,18H2,1H3. The molecule has 0 fully saturated rings. The van der Waals surface area contributed by atoms with Gasteiger partial charge in [0.1, 0.15) is 5.75 Å². The van der Waals surface area contributed by atoms with Gasteiger partial charge in [-0.3, -0.25) is 0 Å². The lowest BCUT2D eigenvalue weighted by Crippen LogP contribution is -2.43. The van der Waals surface area contributed by atoms with E-state index in [2.05, 4.69) is 37.3 Å². The van der Waals surface area contributed by atoms with E-state index >= 15 is 0 Å². The van der Waals surface area contributed by atoms with Crippen molar-refractivity contribution in [2.24, 2.45) is 5.73 Å². The summed E-state index contributed by atoms with van der Waals surface area (Å²) in [6, 6.07) is 16.6. The summed E-state index contributed by atoms with van der Waals surface area (Å²) in [5, 5.41) is 0. The number of hydrogen-bond acceptors (Lipinski definition) is 2. The summed E-state index contributed by atoms with van der Waals surface area (Å²) in [7, 11) is 0. The molecule has 1 heterocycles. The third-order valence-electron chi connectivity index (χ3n) is 4.00. The highest BCUT2D eigenvalue weighted by Gasteiger charge is 2.34. The van der Waals surface area contributed by atoms with Crippen LogP contribution >= 0.6 is 0 Å². The minimum atomic E-state index is -0.318. The van der Waals surface area contributed by atoms with Crippen LogP contribution in [0.4, 0.5) is 0 Å². The van der Waals surface area contributed by atoms with Gasteiger partial charge in [-0.05, 0) is 30.5 Å². The van der Waals surface area contributed by atoms with Gasteiger partial charge in [0.25, 0.3) is 0 Å². The summed E-state index contributed by atoms with van der Waals surface area (Å²) in [5.41, 5.74) is 10.1. The Morgan fingerprint density at radius 3 is 2.68 bits per heavy atom. The smallest absolute Gasteiger partial charge is 0.124 e. The number of rotatable bonds is 2. The predicted molar refractivity (Wildman–Crippen MR) is 77.3 cm³/mol. The van der Waals surface area contributed by atoms with Crippen molar-refractivity contribution in [1.29, 1.82) is 0 Å². The Balaban J connectivity index is 1.99. The molecule has 2 aromatic carbocycles. The molecule has 1 unspecified atom stereocenters. The van der Waals surface area contributed by atoms with E-state index in [1.807, 2.05) is 18.2 Å². The van der Waals surface area contributed by atoms with Gasteiger partial charge >= 0.3 is 0 Å². The van der Waals surface area contributed by atoms with Crippen LogP contribution in [0.15, 0.2) is 48.5 Å². The molecule has 0 bridgehead atoms. The molecular formula is C17H19NO. The van der Waals surface area contributed by atoms with Crippen LogP contribution in [0.25, 0.3) is 0 Å². The van der Waals surface area contributed by atoms with Crippen molar-refractivity contribution in [1.82, 2.24) is 0 Å². The number of para-hydroxylation sites is 1. The Bertz CT molecular complexity index is 593. The minimum absolute atomic E-state index is 0.318. The lowest BCUT2D eigenvalue weighted by Gasteiger charge is -2.36. The molecule has 3 rings (SSSR count). The van der Waals surface area contributed by atoms with E-state index in [1.165, 1.54) is 11.1 Å². The number of hydrogen-bond donors (Lipinski definition) is 1. The van der Waals surface area contributed by atoms with E-state index in [4.69, 9.17) is 10.5 Å². The maximum absolute atomic E-state index is 6.69. The Labute approximate surface area is 114 Å². The molecule has 0 amide bonds. The number of fused-ring (bicyclic) bond motifs is 1. The van der Waals surface area contributed by atoms with Crippen LogP contribution in [0.2, 0.25) is 0 Å². The monoisotopic (exact) mass is 253 g/mol. The van der Waals surface area contributed by atoms with E-state index in [-0.39, 0.29) is 5.54 Å². The first kappa shape index (κ1) is 12.2. The molecule has 0 aromatic heterocycles. The summed E-state index contributed by atoms with van der Waals surface area (Å²) >= 11 is 0. The zero-order valence-corrected chi connectivity index (χ0v) is 11.2. The lowest BCUT2D eigenvalue weighted by atomic mass is 9.79. The van der Waals surface area contributed by atoms with Gasteiger partial charge in [-0.2, -0.15) is 0 Å². The maximum atomic E-state index is 6.69. The zero-order valence-electron chi connectivity index (χ0n) is 11.2. The molecule has 2 N–H and O–H groups in total. The summed E-state index contributed by atoms with van der Waals surface area (Å²) < 4.78 is 5.71. The SMILES string of the molecule is Cc1ccccc1CC1(N)CCOc2ccccc21. The number of nitrogens with two attached hydrogens (primary N) is 1. The molecule has 0 aliphatic carbocycles. The van der Waals surface area contributed by atoms with Gasteiger partial charge in [-0.1, -0.05) is 42.5 Å². The van der Waals surface area contributed by atoms with Crippen LogP contribution in [0.5, 0.6) is 5.75 Å². The summed E-state index contributed by atoms with van der Waals surface area (Å²) in [6.45, 7) is 2.84. The highest BCUT2D eigenvalue weighted by molar-refractivity contribution is 5.42. The maximum Gasteiger partial charge on any atom is 0.124 e. The van der Waals surface area contributed by atoms with Crippen LogP contribution in [-0.2, 0) is 12.0 Å². The van der Waals surface area contributed by atoms with Crippen LogP contribution in [-0.4, -0.2) is 6.61 Å². The average Bonchev–Trinajstić information content (AvgIpc) is 2.42. The molecule has 0 radical (unpaired) electrons. The fourth-order valence-corrected chi connectivity index (χ4v) is 2.81. The van der Waals surface area contributed by atoms with E-state index in [0.29, 0.717) is 6.61 Å². The number of aryl methyl sites for hydroxylation is 1. The van der Waals surface area contributed by atoms with Gasteiger partial charge in [-0.15, -0.1) is 0 Å². The van der Waals surface area contributed by atoms with Crippen molar-refractivity contribution in [2.45, 2.75) is 25.3 Å². The Kier molecular flexibility index (Phi) is 3.03. The molecule has 1 atom stereocenters. The van der Waals surface area contributed by atoms with Crippen LogP contribution in [0.3, 0.4) is 0 Å². The second-order valence-electron chi connectivity index (χ2n) is 5.35. The molecule has 2 heteroatoms. The first-order valence-corrected chi connectivity index (χ1v) is 6.75. The third kappa shape index (κ3) is 2.24. The molecule has 98 valence electrons.